The van der Waals surface area contributed by atoms with Crippen molar-refractivity contribution in [1.29, 1.82) is 0 Å². The molecule has 0 radical (unpaired) electrons. The number of rotatable bonds is 1. The lowest BCUT2D eigenvalue weighted by Crippen LogP contribution is -2.37. The van der Waals surface area contributed by atoms with Crippen molar-refractivity contribution in [3.05, 3.63) is 29.6 Å². The molecule has 0 aromatic heterocycles. The van der Waals surface area contributed by atoms with E-state index in [1.54, 1.807) is 23.9 Å². The molecule has 1 saturated carbocycles. The molecule has 5 heteroatoms. The maximum Gasteiger partial charge on any atom is 0.154 e. The summed E-state index contributed by atoms with van der Waals surface area (Å²) in [5.41, 5.74) is 12.4. The normalized spacial score (nSPS) is 30.9. The van der Waals surface area contributed by atoms with Crippen LogP contribution >= 0.6 is 11.8 Å². The Kier molecular flexibility index (Phi) is 2.73. The van der Waals surface area contributed by atoms with Crippen LogP contribution in [0.5, 0.6) is 0 Å². The monoisotopic (exact) mass is 265 g/mol. The van der Waals surface area contributed by atoms with E-state index in [2.05, 4.69) is 4.99 Å². The van der Waals surface area contributed by atoms with E-state index < -0.39 is 5.54 Å². The van der Waals surface area contributed by atoms with Crippen molar-refractivity contribution in [1.82, 2.24) is 0 Å². The Bertz CT molecular complexity index is 517. The summed E-state index contributed by atoms with van der Waals surface area (Å²) < 4.78 is 14.1. The van der Waals surface area contributed by atoms with Crippen LogP contribution in [0.3, 0.4) is 0 Å². The number of aliphatic imine (C=N–C) groups is 1. The van der Waals surface area contributed by atoms with Gasteiger partial charge >= 0.3 is 0 Å². The highest BCUT2D eigenvalue weighted by atomic mass is 32.2. The second-order valence-electron chi connectivity index (χ2n) is 5.01. The molecule has 1 heterocycles. The average molecular weight is 265 g/mol. The fraction of sp³-hybridized carbons (Fsp3) is 0.462. The molecule has 1 aliphatic heterocycles. The fourth-order valence-electron chi connectivity index (χ4n) is 3.13. The van der Waals surface area contributed by atoms with E-state index in [0.29, 0.717) is 22.3 Å². The van der Waals surface area contributed by atoms with Gasteiger partial charge in [0, 0.05) is 17.0 Å². The molecule has 2 atom stereocenters. The second-order valence-corrected chi connectivity index (χ2v) is 6.05. The molecule has 4 N–H and O–H groups in total. The predicted octanol–water partition coefficient (Wildman–Crippen LogP) is 2.46. The summed E-state index contributed by atoms with van der Waals surface area (Å²) in [7, 11) is 0. The Morgan fingerprint density at radius 3 is 3.06 bits per heavy atom. The Morgan fingerprint density at radius 1 is 1.39 bits per heavy atom. The van der Waals surface area contributed by atoms with Crippen molar-refractivity contribution in [3.8, 4) is 0 Å². The van der Waals surface area contributed by atoms with Crippen LogP contribution in [0.4, 0.5) is 10.1 Å². The van der Waals surface area contributed by atoms with Crippen LogP contribution in [0.25, 0.3) is 0 Å². The van der Waals surface area contributed by atoms with Gasteiger partial charge in [-0.1, -0.05) is 18.2 Å². The Hall–Kier alpha value is -1.23. The molecule has 96 valence electrons. The van der Waals surface area contributed by atoms with E-state index >= 15 is 0 Å². The van der Waals surface area contributed by atoms with Crippen molar-refractivity contribution in [3.63, 3.8) is 0 Å². The molecular weight excluding hydrogens is 249 g/mol. The number of nitrogen functional groups attached to an aromatic ring is 1. The second kappa shape index (κ2) is 4.16. The maximum absolute atomic E-state index is 14.1. The summed E-state index contributed by atoms with van der Waals surface area (Å²) in [4.78, 5) is 4.61. The van der Waals surface area contributed by atoms with Gasteiger partial charge in [-0.3, -0.25) is 4.99 Å². The molecule has 0 unspecified atom stereocenters. The van der Waals surface area contributed by atoms with E-state index in [4.69, 9.17) is 11.5 Å². The molecule has 18 heavy (non-hydrogen) atoms. The molecular formula is C13H16FN3S. The van der Waals surface area contributed by atoms with Gasteiger partial charge in [0.15, 0.2) is 5.17 Å². The van der Waals surface area contributed by atoms with Crippen LogP contribution in [0.2, 0.25) is 0 Å². The van der Waals surface area contributed by atoms with Crippen LogP contribution < -0.4 is 11.5 Å². The number of hydrogen-bond acceptors (Lipinski definition) is 4. The van der Waals surface area contributed by atoms with Gasteiger partial charge in [-0.25, -0.2) is 4.39 Å². The minimum Gasteiger partial charge on any atom is -0.399 e. The van der Waals surface area contributed by atoms with Crippen LogP contribution in [-0.4, -0.2) is 10.9 Å². The van der Waals surface area contributed by atoms with Crippen LogP contribution in [-0.2, 0) is 5.54 Å². The molecule has 0 amide bonds. The summed E-state index contributed by atoms with van der Waals surface area (Å²) in [6, 6.07) is 4.74. The largest absolute Gasteiger partial charge is 0.399 e. The summed E-state index contributed by atoms with van der Waals surface area (Å²) in [5.74, 6) is 1.06. The number of amidine groups is 1. The number of fused-ring (bicyclic) bond motifs is 1. The van der Waals surface area contributed by atoms with Crippen molar-refractivity contribution < 1.29 is 4.39 Å². The predicted molar refractivity (Wildman–Crippen MR) is 73.9 cm³/mol. The van der Waals surface area contributed by atoms with Gasteiger partial charge in [0.05, 0.1) is 5.54 Å². The van der Waals surface area contributed by atoms with Crippen LogP contribution in [0, 0.1) is 11.7 Å². The number of hydrogen-bond donors (Lipinski definition) is 2. The quantitative estimate of drug-likeness (QED) is 0.767. The summed E-state index contributed by atoms with van der Waals surface area (Å²) in [6.07, 6.45) is 3.01. The molecule has 3 nitrogen and oxygen atoms in total. The highest BCUT2D eigenvalue weighted by Crippen LogP contribution is 2.51. The first-order chi connectivity index (χ1) is 8.62. The zero-order valence-electron chi connectivity index (χ0n) is 10.0. The minimum atomic E-state index is -0.477. The lowest BCUT2D eigenvalue weighted by molar-refractivity contribution is 0.341. The van der Waals surface area contributed by atoms with E-state index in [1.165, 1.54) is 6.07 Å². The van der Waals surface area contributed by atoms with Gasteiger partial charge in [-0.15, -0.1) is 0 Å². The first-order valence-corrected chi connectivity index (χ1v) is 7.14. The number of halogens is 1. The van der Waals surface area contributed by atoms with Gasteiger partial charge in [0.25, 0.3) is 0 Å². The molecule has 1 fully saturated rings. The number of benzene rings is 1. The molecule has 1 aliphatic carbocycles. The molecule has 0 saturated heterocycles. The number of anilines is 1. The van der Waals surface area contributed by atoms with E-state index in [-0.39, 0.29) is 5.82 Å². The Balaban J connectivity index is 2.17. The topological polar surface area (TPSA) is 64.4 Å². The third-order valence-corrected chi connectivity index (χ3v) is 4.94. The van der Waals surface area contributed by atoms with Gasteiger partial charge in [0.2, 0.25) is 0 Å². The maximum atomic E-state index is 14.1. The minimum absolute atomic E-state index is 0.223. The van der Waals surface area contributed by atoms with Crippen molar-refractivity contribution in [2.24, 2.45) is 16.6 Å². The third kappa shape index (κ3) is 1.68. The molecule has 1 aromatic rings. The Labute approximate surface area is 110 Å². The van der Waals surface area contributed by atoms with E-state index in [9.17, 15) is 4.39 Å². The van der Waals surface area contributed by atoms with Crippen LogP contribution in [0.15, 0.2) is 23.2 Å². The van der Waals surface area contributed by atoms with E-state index in [1.807, 2.05) is 0 Å². The molecule has 1 aromatic carbocycles. The number of thioether (sulfide) groups is 1. The summed E-state index contributed by atoms with van der Waals surface area (Å²) in [5, 5.41) is 0.565. The molecule has 0 bridgehead atoms. The number of nitrogens with two attached hydrogens (primary N) is 2. The summed E-state index contributed by atoms with van der Waals surface area (Å²) in [6.45, 7) is 0. The van der Waals surface area contributed by atoms with Crippen molar-refractivity contribution >= 4 is 22.6 Å². The third-order valence-electron chi connectivity index (χ3n) is 3.98. The zero-order valence-corrected chi connectivity index (χ0v) is 10.8. The van der Waals surface area contributed by atoms with E-state index in [0.717, 1.165) is 25.0 Å². The van der Waals surface area contributed by atoms with Gasteiger partial charge < -0.3 is 11.5 Å². The highest BCUT2D eigenvalue weighted by Gasteiger charge is 2.47. The summed E-state index contributed by atoms with van der Waals surface area (Å²) >= 11 is 1.57. The Morgan fingerprint density at radius 2 is 2.22 bits per heavy atom. The van der Waals surface area contributed by atoms with Gasteiger partial charge in [-0.2, -0.15) is 0 Å². The molecule has 3 rings (SSSR count). The molecule has 2 aliphatic rings. The van der Waals surface area contributed by atoms with Crippen molar-refractivity contribution in [2.45, 2.75) is 24.8 Å². The lowest BCUT2D eigenvalue weighted by atomic mass is 9.81. The standard InChI is InChI=1S/C13H16FN3S/c14-11-4-3-9(15)6-10(11)13-5-1-2-8(13)7-18-12(16)17-13/h3-4,6,8H,1-2,5,7,15H2,(H2,16,17)/t8-,13-/m0/s1. The SMILES string of the molecule is NC1=N[C@@]2(c3cc(N)ccc3F)CCC[C@H]2CS1. The average Bonchev–Trinajstić information content (AvgIpc) is 2.76. The number of nitrogens with zero attached hydrogens (tertiary/aromatic N) is 1. The smallest absolute Gasteiger partial charge is 0.154 e. The lowest BCUT2D eigenvalue weighted by Gasteiger charge is -2.36. The fourth-order valence-corrected chi connectivity index (χ4v) is 4.18. The van der Waals surface area contributed by atoms with Crippen LogP contribution in [0.1, 0.15) is 24.8 Å². The first kappa shape index (κ1) is 11.8. The molecule has 0 spiro atoms. The first-order valence-electron chi connectivity index (χ1n) is 6.15. The van der Waals surface area contributed by atoms with Gasteiger partial charge in [-0.05, 0) is 37.0 Å². The van der Waals surface area contributed by atoms with Crippen molar-refractivity contribution in [2.75, 3.05) is 11.5 Å². The van der Waals surface area contributed by atoms with Gasteiger partial charge in [0.1, 0.15) is 5.82 Å². The highest BCUT2D eigenvalue weighted by molar-refractivity contribution is 8.13. The zero-order chi connectivity index (χ0) is 12.8.